The monoisotopic (exact) mass is 514 g/mol. The number of pyridine rings is 1. The Bertz CT molecular complexity index is 726. The van der Waals surface area contributed by atoms with Crippen molar-refractivity contribution in [2.75, 3.05) is 32.9 Å². The summed E-state index contributed by atoms with van der Waals surface area (Å²) in [6.45, 7) is 10.00. The third-order valence-corrected chi connectivity index (χ3v) is 3.66. The maximum absolute atomic E-state index is 5.84. The van der Waals surface area contributed by atoms with E-state index in [0.717, 1.165) is 23.8 Å². The Kier molecular flexibility index (Phi) is 12.8. The zero-order valence-corrected chi connectivity index (χ0v) is 19.6. The first-order chi connectivity index (χ1) is 13.7. The van der Waals surface area contributed by atoms with Gasteiger partial charge in [0.2, 0.25) is 5.88 Å². The second-order valence-corrected chi connectivity index (χ2v) is 5.83. The van der Waals surface area contributed by atoms with Crippen LogP contribution < -0.4 is 20.1 Å². The van der Waals surface area contributed by atoms with Crippen molar-refractivity contribution in [1.82, 2.24) is 15.6 Å². The first-order valence-corrected chi connectivity index (χ1v) is 9.70. The SMILES string of the molecule is CCNC(=NCc1ccnc(Oc2ccc(OCC)cc2)c1)NCCOCC.I. The molecule has 0 unspecified atom stereocenters. The molecule has 0 saturated carbocycles. The van der Waals surface area contributed by atoms with Gasteiger partial charge in [0, 0.05) is 32.0 Å². The maximum Gasteiger partial charge on any atom is 0.219 e. The second-order valence-electron chi connectivity index (χ2n) is 5.83. The number of rotatable bonds is 11. The fraction of sp³-hybridized carbons (Fsp3) is 0.429. The van der Waals surface area contributed by atoms with E-state index in [-0.39, 0.29) is 24.0 Å². The van der Waals surface area contributed by atoms with E-state index >= 15 is 0 Å². The molecule has 8 heteroatoms. The van der Waals surface area contributed by atoms with Gasteiger partial charge in [0.15, 0.2) is 5.96 Å². The number of guanidine groups is 1. The van der Waals surface area contributed by atoms with E-state index in [9.17, 15) is 0 Å². The zero-order chi connectivity index (χ0) is 20.0. The van der Waals surface area contributed by atoms with Crippen molar-refractivity contribution < 1.29 is 14.2 Å². The predicted octanol–water partition coefficient (Wildman–Crippen LogP) is 3.98. The number of aromatic nitrogens is 1. The van der Waals surface area contributed by atoms with Crippen molar-refractivity contribution in [3.05, 3.63) is 48.2 Å². The predicted molar refractivity (Wildman–Crippen MR) is 127 cm³/mol. The molecule has 1 heterocycles. The quantitative estimate of drug-likeness (QED) is 0.205. The molecule has 0 saturated heterocycles. The summed E-state index contributed by atoms with van der Waals surface area (Å²) in [5, 5.41) is 6.48. The lowest BCUT2D eigenvalue weighted by Crippen LogP contribution is -2.39. The van der Waals surface area contributed by atoms with E-state index in [4.69, 9.17) is 14.2 Å². The number of nitrogens with zero attached hydrogens (tertiary/aromatic N) is 2. The number of ether oxygens (including phenoxy) is 3. The zero-order valence-electron chi connectivity index (χ0n) is 17.3. The van der Waals surface area contributed by atoms with Gasteiger partial charge in [-0.15, -0.1) is 24.0 Å². The van der Waals surface area contributed by atoms with Crippen LogP contribution in [0.5, 0.6) is 17.4 Å². The number of hydrogen-bond donors (Lipinski definition) is 2. The summed E-state index contributed by atoms with van der Waals surface area (Å²) in [4.78, 5) is 8.88. The van der Waals surface area contributed by atoms with Crippen molar-refractivity contribution in [1.29, 1.82) is 0 Å². The summed E-state index contributed by atoms with van der Waals surface area (Å²) in [6.07, 6.45) is 1.73. The van der Waals surface area contributed by atoms with E-state index in [0.29, 0.717) is 44.5 Å². The van der Waals surface area contributed by atoms with E-state index in [2.05, 4.69) is 20.6 Å². The highest BCUT2D eigenvalue weighted by molar-refractivity contribution is 14.0. The Morgan fingerprint density at radius 3 is 2.45 bits per heavy atom. The summed E-state index contributed by atoms with van der Waals surface area (Å²) in [7, 11) is 0. The molecule has 0 fully saturated rings. The molecular weight excluding hydrogens is 483 g/mol. The molecule has 0 spiro atoms. The number of nitrogens with one attached hydrogen (secondary N) is 2. The summed E-state index contributed by atoms with van der Waals surface area (Å²) >= 11 is 0. The van der Waals surface area contributed by atoms with Crippen LogP contribution in [0, 0.1) is 0 Å². The number of benzene rings is 1. The van der Waals surface area contributed by atoms with Gasteiger partial charge in [0.1, 0.15) is 11.5 Å². The molecule has 7 nitrogen and oxygen atoms in total. The lowest BCUT2D eigenvalue weighted by atomic mass is 10.2. The molecule has 0 aliphatic carbocycles. The Balaban J connectivity index is 0.00000420. The van der Waals surface area contributed by atoms with Gasteiger partial charge in [0.05, 0.1) is 19.8 Å². The average Bonchev–Trinajstić information content (AvgIpc) is 2.71. The second kappa shape index (κ2) is 14.9. The molecular formula is C21H31IN4O3. The lowest BCUT2D eigenvalue weighted by molar-refractivity contribution is 0.152. The first kappa shape index (κ1) is 25.0. The molecule has 29 heavy (non-hydrogen) atoms. The molecule has 2 aromatic rings. The fourth-order valence-corrected chi connectivity index (χ4v) is 2.39. The molecule has 2 N–H and O–H groups in total. The van der Waals surface area contributed by atoms with Crippen LogP contribution in [-0.2, 0) is 11.3 Å². The van der Waals surface area contributed by atoms with Gasteiger partial charge in [-0.1, -0.05) is 0 Å². The molecule has 0 aliphatic heterocycles. The van der Waals surface area contributed by atoms with Crippen LogP contribution in [0.1, 0.15) is 26.3 Å². The van der Waals surface area contributed by atoms with Crippen molar-refractivity contribution in [2.45, 2.75) is 27.3 Å². The van der Waals surface area contributed by atoms with Crippen LogP contribution in [0.2, 0.25) is 0 Å². The molecule has 1 aromatic heterocycles. The highest BCUT2D eigenvalue weighted by Crippen LogP contribution is 2.23. The van der Waals surface area contributed by atoms with Crippen LogP contribution in [0.4, 0.5) is 0 Å². The van der Waals surface area contributed by atoms with Gasteiger partial charge < -0.3 is 24.8 Å². The standard InChI is InChI=1S/C21H30N4O3.HI/c1-4-22-21(24-13-14-26-5-2)25-16-17-11-12-23-20(15-17)28-19-9-7-18(8-10-19)27-6-3;/h7-12,15H,4-6,13-14,16H2,1-3H3,(H2,22,24,25);1H. The molecule has 0 aliphatic rings. The summed E-state index contributed by atoms with van der Waals surface area (Å²) in [5.74, 6) is 2.82. The van der Waals surface area contributed by atoms with Crippen molar-refractivity contribution in [3.63, 3.8) is 0 Å². The lowest BCUT2D eigenvalue weighted by Gasteiger charge is -2.11. The molecule has 160 valence electrons. The van der Waals surface area contributed by atoms with Crippen LogP contribution in [-0.4, -0.2) is 43.9 Å². The van der Waals surface area contributed by atoms with E-state index < -0.39 is 0 Å². The van der Waals surface area contributed by atoms with Gasteiger partial charge in [-0.05, 0) is 56.7 Å². The maximum atomic E-state index is 5.84. The number of hydrogen-bond acceptors (Lipinski definition) is 5. The minimum atomic E-state index is 0. The third-order valence-electron chi connectivity index (χ3n) is 3.66. The van der Waals surface area contributed by atoms with Gasteiger partial charge in [0.25, 0.3) is 0 Å². The Morgan fingerprint density at radius 1 is 1.00 bits per heavy atom. The largest absolute Gasteiger partial charge is 0.494 e. The Morgan fingerprint density at radius 2 is 1.76 bits per heavy atom. The Hall–Kier alpha value is -2.07. The molecule has 0 atom stereocenters. The molecule has 2 rings (SSSR count). The van der Waals surface area contributed by atoms with Crippen LogP contribution in [0.3, 0.4) is 0 Å². The van der Waals surface area contributed by atoms with Crippen molar-refractivity contribution in [3.8, 4) is 17.4 Å². The Labute approximate surface area is 190 Å². The van der Waals surface area contributed by atoms with Crippen LogP contribution in [0.25, 0.3) is 0 Å². The summed E-state index contributed by atoms with van der Waals surface area (Å²) < 4.78 is 16.6. The summed E-state index contributed by atoms with van der Waals surface area (Å²) in [6, 6.07) is 11.3. The normalized spacial score (nSPS) is 10.8. The van der Waals surface area contributed by atoms with E-state index in [1.54, 1.807) is 6.20 Å². The average molecular weight is 514 g/mol. The third kappa shape index (κ3) is 9.80. The molecule has 0 bridgehead atoms. The minimum absolute atomic E-state index is 0. The van der Waals surface area contributed by atoms with Gasteiger partial charge >= 0.3 is 0 Å². The van der Waals surface area contributed by atoms with Crippen LogP contribution >= 0.6 is 24.0 Å². The van der Waals surface area contributed by atoms with Gasteiger partial charge in [-0.3, -0.25) is 0 Å². The summed E-state index contributed by atoms with van der Waals surface area (Å²) in [5.41, 5.74) is 1.01. The molecule has 1 aromatic carbocycles. The van der Waals surface area contributed by atoms with Crippen molar-refractivity contribution in [2.24, 2.45) is 4.99 Å². The molecule has 0 amide bonds. The van der Waals surface area contributed by atoms with Crippen molar-refractivity contribution >= 4 is 29.9 Å². The van der Waals surface area contributed by atoms with E-state index in [1.807, 2.05) is 57.2 Å². The van der Waals surface area contributed by atoms with Crippen LogP contribution in [0.15, 0.2) is 47.6 Å². The smallest absolute Gasteiger partial charge is 0.219 e. The number of halogens is 1. The topological polar surface area (TPSA) is 77.0 Å². The molecule has 0 radical (unpaired) electrons. The minimum Gasteiger partial charge on any atom is -0.494 e. The number of aliphatic imine (C=N–C) groups is 1. The highest BCUT2D eigenvalue weighted by Gasteiger charge is 2.03. The first-order valence-electron chi connectivity index (χ1n) is 9.70. The van der Waals surface area contributed by atoms with Gasteiger partial charge in [-0.25, -0.2) is 9.98 Å². The fourth-order valence-electron chi connectivity index (χ4n) is 2.39. The van der Waals surface area contributed by atoms with Gasteiger partial charge in [-0.2, -0.15) is 0 Å². The van der Waals surface area contributed by atoms with E-state index in [1.165, 1.54) is 0 Å². The highest BCUT2D eigenvalue weighted by atomic mass is 127.